The number of amides is 1. The Morgan fingerprint density at radius 1 is 1.16 bits per heavy atom. The standard InChI is InChI=1S/C12H10F3NO3/c13-12(14,15)7-19-6-5-16-9-4-2-1-3-8(9)10(17)11(16)18/h1-4H,5-7H2. The molecule has 0 atom stereocenters. The summed E-state index contributed by atoms with van der Waals surface area (Å²) in [4.78, 5) is 24.4. The van der Waals surface area contributed by atoms with Gasteiger partial charge in [0.2, 0.25) is 0 Å². The third kappa shape index (κ3) is 2.93. The van der Waals surface area contributed by atoms with Crippen LogP contribution in [-0.4, -0.2) is 37.6 Å². The van der Waals surface area contributed by atoms with Crippen molar-refractivity contribution in [3.05, 3.63) is 29.8 Å². The zero-order valence-electron chi connectivity index (χ0n) is 9.74. The summed E-state index contributed by atoms with van der Waals surface area (Å²) in [5, 5.41) is 0. The molecule has 1 amide bonds. The van der Waals surface area contributed by atoms with Gasteiger partial charge in [0.15, 0.2) is 0 Å². The first-order chi connectivity index (χ1) is 8.90. The van der Waals surface area contributed by atoms with Gasteiger partial charge in [0.1, 0.15) is 6.61 Å². The quantitative estimate of drug-likeness (QED) is 0.620. The monoisotopic (exact) mass is 273 g/mol. The Morgan fingerprint density at radius 3 is 2.53 bits per heavy atom. The Morgan fingerprint density at radius 2 is 1.84 bits per heavy atom. The number of ketones is 1. The maximum Gasteiger partial charge on any atom is 0.411 e. The van der Waals surface area contributed by atoms with Gasteiger partial charge in [-0.15, -0.1) is 0 Å². The van der Waals surface area contributed by atoms with E-state index in [-0.39, 0.29) is 18.7 Å². The van der Waals surface area contributed by atoms with Crippen molar-refractivity contribution in [2.24, 2.45) is 0 Å². The summed E-state index contributed by atoms with van der Waals surface area (Å²) in [7, 11) is 0. The molecule has 0 saturated heterocycles. The number of ether oxygens (including phenoxy) is 1. The Hall–Kier alpha value is -1.89. The molecule has 0 spiro atoms. The zero-order chi connectivity index (χ0) is 14.0. The lowest BCUT2D eigenvalue weighted by Gasteiger charge is -2.16. The van der Waals surface area contributed by atoms with Gasteiger partial charge in [0.05, 0.1) is 17.9 Å². The largest absolute Gasteiger partial charge is 0.411 e. The lowest BCUT2D eigenvalue weighted by molar-refractivity contribution is -0.173. The Balaban J connectivity index is 1.98. The van der Waals surface area contributed by atoms with Crippen molar-refractivity contribution in [2.45, 2.75) is 6.18 Å². The minimum atomic E-state index is -4.40. The van der Waals surface area contributed by atoms with Crippen molar-refractivity contribution in [1.29, 1.82) is 0 Å². The van der Waals surface area contributed by atoms with Crippen LogP contribution in [0.25, 0.3) is 0 Å². The molecule has 0 bridgehead atoms. The lowest BCUT2D eigenvalue weighted by atomic mass is 10.1. The second-order valence-corrected chi connectivity index (χ2v) is 3.97. The number of anilines is 1. The van der Waals surface area contributed by atoms with Crippen molar-refractivity contribution >= 4 is 17.4 Å². The SMILES string of the molecule is O=C1C(=O)N(CCOCC(F)(F)F)c2ccccc21. The number of para-hydroxylation sites is 1. The Bertz CT molecular complexity index is 513. The van der Waals surface area contributed by atoms with Gasteiger partial charge < -0.3 is 9.64 Å². The summed E-state index contributed by atoms with van der Waals surface area (Å²) in [5.74, 6) is -1.39. The van der Waals surface area contributed by atoms with Gasteiger partial charge in [-0.3, -0.25) is 9.59 Å². The molecule has 4 nitrogen and oxygen atoms in total. The van der Waals surface area contributed by atoms with Crippen molar-refractivity contribution in [1.82, 2.24) is 0 Å². The molecule has 0 aromatic heterocycles. The third-order valence-electron chi connectivity index (χ3n) is 2.60. The van der Waals surface area contributed by atoms with Gasteiger partial charge in [-0.05, 0) is 12.1 Å². The van der Waals surface area contributed by atoms with Crippen LogP contribution in [0.15, 0.2) is 24.3 Å². The third-order valence-corrected chi connectivity index (χ3v) is 2.60. The molecule has 0 aliphatic carbocycles. The fraction of sp³-hybridized carbons (Fsp3) is 0.333. The number of nitrogens with zero attached hydrogens (tertiary/aromatic N) is 1. The van der Waals surface area contributed by atoms with Gasteiger partial charge in [-0.25, -0.2) is 0 Å². The molecule has 0 saturated carbocycles. The summed E-state index contributed by atoms with van der Waals surface area (Å²) >= 11 is 0. The second-order valence-electron chi connectivity index (χ2n) is 3.97. The van der Waals surface area contributed by atoms with Crippen LogP contribution in [0.4, 0.5) is 18.9 Å². The molecule has 1 aromatic rings. The van der Waals surface area contributed by atoms with E-state index in [1.807, 2.05) is 0 Å². The van der Waals surface area contributed by atoms with Crippen LogP contribution in [0.2, 0.25) is 0 Å². The fourth-order valence-corrected chi connectivity index (χ4v) is 1.81. The number of hydrogen-bond donors (Lipinski definition) is 0. The Labute approximate surface area is 106 Å². The van der Waals surface area contributed by atoms with E-state index in [0.29, 0.717) is 5.69 Å². The van der Waals surface area contributed by atoms with E-state index in [1.165, 1.54) is 6.07 Å². The van der Waals surface area contributed by atoms with Crippen molar-refractivity contribution in [3.8, 4) is 0 Å². The van der Waals surface area contributed by atoms with Crippen LogP contribution in [0.1, 0.15) is 10.4 Å². The van der Waals surface area contributed by atoms with Gasteiger partial charge in [0.25, 0.3) is 11.7 Å². The first-order valence-corrected chi connectivity index (χ1v) is 5.50. The summed E-state index contributed by atoms with van der Waals surface area (Å²) in [5.41, 5.74) is 0.677. The molecular formula is C12H10F3NO3. The highest BCUT2D eigenvalue weighted by Crippen LogP contribution is 2.28. The first-order valence-electron chi connectivity index (χ1n) is 5.50. The molecular weight excluding hydrogens is 263 g/mol. The van der Waals surface area contributed by atoms with E-state index in [1.54, 1.807) is 18.2 Å². The molecule has 102 valence electrons. The van der Waals surface area contributed by atoms with Crippen LogP contribution < -0.4 is 4.90 Å². The van der Waals surface area contributed by atoms with Gasteiger partial charge >= 0.3 is 6.18 Å². The molecule has 0 N–H and O–H groups in total. The average molecular weight is 273 g/mol. The van der Waals surface area contributed by atoms with E-state index in [2.05, 4.69) is 4.74 Å². The summed E-state index contributed by atoms with van der Waals surface area (Å²) in [6.07, 6.45) is -4.40. The number of rotatable bonds is 4. The Kier molecular flexibility index (Phi) is 3.57. The number of benzene rings is 1. The highest BCUT2D eigenvalue weighted by Gasteiger charge is 2.35. The topological polar surface area (TPSA) is 46.6 Å². The molecule has 2 rings (SSSR count). The predicted molar refractivity (Wildman–Crippen MR) is 60.0 cm³/mol. The van der Waals surface area contributed by atoms with Gasteiger partial charge in [0, 0.05) is 6.54 Å². The maximum atomic E-state index is 11.9. The normalized spacial score (nSPS) is 15.0. The summed E-state index contributed by atoms with van der Waals surface area (Å²) in [6.45, 7) is -1.74. The number of carbonyl (C=O) groups excluding carboxylic acids is 2. The minimum absolute atomic E-state index is 0.0856. The van der Waals surface area contributed by atoms with Crippen molar-refractivity contribution in [2.75, 3.05) is 24.7 Å². The van der Waals surface area contributed by atoms with Crippen LogP contribution in [0, 0.1) is 0 Å². The molecule has 19 heavy (non-hydrogen) atoms. The van der Waals surface area contributed by atoms with E-state index in [9.17, 15) is 22.8 Å². The molecule has 7 heteroatoms. The van der Waals surface area contributed by atoms with Crippen molar-refractivity contribution < 1.29 is 27.5 Å². The van der Waals surface area contributed by atoms with E-state index in [4.69, 9.17) is 0 Å². The lowest BCUT2D eigenvalue weighted by Crippen LogP contribution is -2.33. The number of halogens is 3. The number of hydrogen-bond acceptors (Lipinski definition) is 3. The number of alkyl halides is 3. The average Bonchev–Trinajstić information content (AvgIpc) is 2.58. The smallest absolute Gasteiger partial charge is 0.370 e. The number of carbonyl (C=O) groups is 2. The molecule has 0 unspecified atom stereocenters. The molecule has 0 fully saturated rings. The van der Waals surface area contributed by atoms with Gasteiger partial charge in [-0.2, -0.15) is 13.2 Å². The molecule has 1 heterocycles. The maximum absolute atomic E-state index is 11.9. The van der Waals surface area contributed by atoms with Gasteiger partial charge in [-0.1, -0.05) is 12.1 Å². The van der Waals surface area contributed by atoms with E-state index in [0.717, 1.165) is 4.90 Å². The molecule has 1 aliphatic heterocycles. The van der Waals surface area contributed by atoms with Crippen LogP contribution in [0.3, 0.4) is 0 Å². The highest BCUT2D eigenvalue weighted by molar-refractivity contribution is 6.52. The minimum Gasteiger partial charge on any atom is -0.370 e. The van der Waals surface area contributed by atoms with Crippen LogP contribution in [0.5, 0.6) is 0 Å². The first kappa shape index (κ1) is 13.5. The zero-order valence-corrected chi connectivity index (χ0v) is 9.74. The summed E-state index contributed by atoms with van der Waals surface area (Å²) < 4.78 is 40.1. The fourth-order valence-electron chi connectivity index (χ4n) is 1.81. The number of Topliss-reactive ketones (excluding diaryl/α,β-unsaturated/α-hetero) is 1. The second kappa shape index (κ2) is 5.00. The van der Waals surface area contributed by atoms with Crippen LogP contribution >= 0.6 is 0 Å². The van der Waals surface area contributed by atoms with E-state index >= 15 is 0 Å². The van der Waals surface area contributed by atoms with Crippen LogP contribution in [-0.2, 0) is 9.53 Å². The molecule has 1 aliphatic rings. The molecule has 1 aromatic carbocycles. The predicted octanol–water partition coefficient (Wildman–Crippen LogP) is 1.79. The van der Waals surface area contributed by atoms with E-state index < -0.39 is 24.5 Å². The number of fused-ring (bicyclic) bond motifs is 1. The highest BCUT2D eigenvalue weighted by atomic mass is 19.4. The molecule has 0 radical (unpaired) electrons. The summed E-state index contributed by atoms with van der Waals surface area (Å²) in [6, 6.07) is 6.34. The van der Waals surface area contributed by atoms with Crippen molar-refractivity contribution in [3.63, 3.8) is 0 Å².